The van der Waals surface area contributed by atoms with E-state index in [2.05, 4.69) is 4.99 Å². The van der Waals surface area contributed by atoms with Crippen LogP contribution in [0.15, 0.2) is 23.2 Å². The fourth-order valence-electron chi connectivity index (χ4n) is 3.95. The van der Waals surface area contributed by atoms with Gasteiger partial charge in [-0.3, -0.25) is 0 Å². The zero-order valence-electron chi connectivity index (χ0n) is 11.2. The summed E-state index contributed by atoms with van der Waals surface area (Å²) in [4.78, 5) is 4.38. The average molecular weight is 327 g/mol. The highest BCUT2D eigenvalue weighted by Crippen LogP contribution is 2.74. The molecule has 4 atom stereocenters. The van der Waals surface area contributed by atoms with Gasteiger partial charge in [0.15, 0.2) is 5.17 Å². The third kappa shape index (κ3) is 1.64. The van der Waals surface area contributed by atoms with Gasteiger partial charge < -0.3 is 11.5 Å². The molecule has 3 nitrogen and oxygen atoms in total. The van der Waals surface area contributed by atoms with E-state index < -0.39 is 18.0 Å². The van der Waals surface area contributed by atoms with Crippen molar-refractivity contribution in [2.45, 2.75) is 10.3 Å². The van der Waals surface area contributed by atoms with E-state index in [-0.39, 0.29) is 16.2 Å². The van der Waals surface area contributed by atoms with Gasteiger partial charge in [0.2, 0.25) is 0 Å². The highest BCUT2D eigenvalue weighted by molar-refractivity contribution is 8.16. The first-order chi connectivity index (χ1) is 10.0. The van der Waals surface area contributed by atoms with Crippen LogP contribution in [0.5, 0.6) is 0 Å². The zero-order valence-corrected chi connectivity index (χ0v) is 12.8. The molecule has 2 aliphatic heterocycles. The smallest absolute Gasteiger partial charge is 0.155 e. The van der Waals surface area contributed by atoms with E-state index in [0.29, 0.717) is 16.8 Å². The summed E-state index contributed by atoms with van der Waals surface area (Å²) < 4.78 is 28.4. The lowest BCUT2D eigenvalue weighted by Crippen LogP contribution is -2.41. The Hall–Kier alpha value is -0.950. The van der Waals surface area contributed by atoms with Crippen LogP contribution in [0.2, 0.25) is 0 Å². The van der Waals surface area contributed by atoms with Crippen molar-refractivity contribution in [2.24, 2.45) is 22.6 Å². The summed E-state index contributed by atoms with van der Waals surface area (Å²) in [6.45, 7) is -0.748. The van der Waals surface area contributed by atoms with E-state index in [0.717, 1.165) is 11.5 Å². The molecule has 0 aromatic heterocycles. The number of nitrogen functional groups attached to an aromatic ring is 1. The van der Waals surface area contributed by atoms with Crippen LogP contribution in [-0.4, -0.2) is 28.1 Å². The molecule has 21 heavy (non-hydrogen) atoms. The maximum absolute atomic E-state index is 14.3. The lowest BCUT2D eigenvalue weighted by atomic mass is 9.84. The second-order valence-electron chi connectivity index (χ2n) is 5.90. The first-order valence-corrected chi connectivity index (χ1v) is 8.74. The summed E-state index contributed by atoms with van der Waals surface area (Å²) >= 11 is 3.39. The van der Waals surface area contributed by atoms with Gasteiger partial charge in [0, 0.05) is 27.7 Å². The second kappa shape index (κ2) is 4.29. The van der Waals surface area contributed by atoms with E-state index >= 15 is 0 Å². The number of anilines is 1. The number of hydrogen-bond donors (Lipinski definition) is 2. The van der Waals surface area contributed by atoms with Crippen LogP contribution in [0.3, 0.4) is 0 Å². The van der Waals surface area contributed by atoms with Gasteiger partial charge in [-0.05, 0) is 29.9 Å². The van der Waals surface area contributed by atoms with Crippen molar-refractivity contribution < 1.29 is 8.78 Å². The molecule has 1 aliphatic carbocycles. The molecule has 0 bridgehead atoms. The van der Waals surface area contributed by atoms with Crippen LogP contribution < -0.4 is 11.5 Å². The summed E-state index contributed by atoms with van der Waals surface area (Å²) in [5.74, 6) is 1.78. The molecule has 1 aromatic rings. The number of nitrogens with two attached hydrogens (primary N) is 2. The molecular formula is C14H15F2N3S2. The lowest BCUT2D eigenvalue weighted by molar-refractivity contribution is 0.258. The first-order valence-electron chi connectivity index (χ1n) is 6.77. The standard InChI is InChI=1S/C14H15F2N3S2/c15-5-13(8-3-7(17)1-2-10(8)16)11-9-4-20-6-14(9,11)21-12(18)19-13/h1-3,9,11H,4-6,17H2,(H2,18,19)/t9-,11-,13-,14+/m1/s1. The Labute approximate surface area is 129 Å². The van der Waals surface area contributed by atoms with Crippen LogP contribution in [0, 0.1) is 17.7 Å². The number of thioether (sulfide) groups is 2. The Morgan fingerprint density at radius 2 is 2.19 bits per heavy atom. The van der Waals surface area contributed by atoms with E-state index in [4.69, 9.17) is 11.5 Å². The summed E-state index contributed by atoms with van der Waals surface area (Å²) in [5, 5.41) is 0.357. The van der Waals surface area contributed by atoms with Gasteiger partial charge in [0.05, 0.1) is 0 Å². The molecule has 0 amide bonds. The van der Waals surface area contributed by atoms with E-state index in [1.807, 2.05) is 11.8 Å². The second-order valence-corrected chi connectivity index (χ2v) is 8.32. The number of aliphatic imine (C=N–C) groups is 1. The number of amidine groups is 1. The predicted octanol–water partition coefficient (Wildman–Crippen LogP) is 2.37. The molecule has 2 heterocycles. The molecular weight excluding hydrogens is 312 g/mol. The largest absolute Gasteiger partial charge is 0.399 e. The molecule has 1 spiro atoms. The van der Waals surface area contributed by atoms with Gasteiger partial charge in [-0.25, -0.2) is 13.8 Å². The number of benzene rings is 1. The van der Waals surface area contributed by atoms with Crippen LogP contribution in [0.1, 0.15) is 5.56 Å². The molecule has 4 N–H and O–H groups in total. The predicted molar refractivity (Wildman–Crippen MR) is 84.7 cm³/mol. The van der Waals surface area contributed by atoms with Gasteiger partial charge >= 0.3 is 0 Å². The van der Waals surface area contributed by atoms with Gasteiger partial charge in [0.25, 0.3) is 0 Å². The molecule has 3 aliphatic rings. The highest BCUT2D eigenvalue weighted by Gasteiger charge is 2.77. The van der Waals surface area contributed by atoms with E-state index in [1.54, 1.807) is 11.8 Å². The summed E-state index contributed by atoms with van der Waals surface area (Å²) in [6, 6.07) is 4.28. The number of fused-ring (bicyclic) bond motifs is 1. The van der Waals surface area contributed by atoms with Crippen molar-refractivity contribution in [3.8, 4) is 0 Å². The van der Waals surface area contributed by atoms with Crippen molar-refractivity contribution in [3.05, 3.63) is 29.6 Å². The van der Waals surface area contributed by atoms with Gasteiger partial charge in [-0.15, -0.1) is 0 Å². The molecule has 0 unspecified atom stereocenters. The van der Waals surface area contributed by atoms with Gasteiger partial charge in [-0.2, -0.15) is 11.8 Å². The zero-order chi connectivity index (χ0) is 14.8. The maximum atomic E-state index is 14.3. The van der Waals surface area contributed by atoms with Crippen LogP contribution in [0.25, 0.3) is 0 Å². The summed E-state index contributed by atoms with van der Waals surface area (Å²) in [7, 11) is 0. The minimum absolute atomic E-state index is 0.00449. The molecule has 1 saturated carbocycles. The molecule has 1 saturated heterocycles. The summed E-state index contributed by atoms with van der Waals surface area (Å²) in [6.07, 6.45) is 0. The Morgan fingerprint density at radius 3 is 2.95 bits per heavy atom. The fraction of sp³-hybridized carbons (Fsp3) is 0.500. The number of halogens is 2. The Bertz CT molecular complexity index is 653. The minimum Gasteiger partial charge on any atom is -0.399 e. The van der Waals surface area contributed by atoms with Crippen molar-refractivity contribution in [3.63, 3.8) is 0 Å². The van der Waals surface area contributed by atoms with Crippen molar-refractivity contribution in [1.29, 1.82) is 0 Å². The van der Waals surface area contributed by atoms with Crippen LogP contribution in [0.4, 0.5) is 14.5 Å². The fourth-order valence-corrected chi connectivity index (χ4v) is 7.50. The molecule has 112 valence electrons. The summed E-state index contributed by atoms with van der Waals surface area (Å²) in [5.41, 5.74) is 11.2. The molecule has 1 aromatic carbocycles. The quantitative estimate of drug-likeness (QED) is 0.819. The van der Waals surface area contributed by atoms with Crippen molar-refractivity contribution in [1.82, 2.24) is 0 Å². The lowest BCUT2D eigenvalue weighted by Gasteiger charge is -2.35. The molecule has 4 rings (SSSR count). The molecule has 0 radical (unpaired) electrons. The number of rotatable bonds is 2. The van der Waals surface area contributed by atoms with Gasteiger partial charge in [-0.1, -0.05) is 11.8 Å². The van der Waals surface area contributed by atoms with Crippen molar-refractivity contribution in [2.75, 3.05) is 23.9 Å². The first kappa shape index (κ1) is 13.7. The number of hydrogen-bond acceptors (Lipinski definition) is 5. The van der Waals surface area contributed by atoms with E-state index in [9.17, 15) is 8.78 Å². The Kier molecular flexibility index (Phi) is 2.80. The average Bonchev–Trinajstić information content (AvgIpc) is 2.91. The van der Waals surface area contributed by atoms with Crippen LogP contribution in [-0.2, 0) is 5.54 Å². The van der Waals surface area contributed by atoms with E-state index in [1.165, 1.54) is 18.2 Å². The van der Waals surface area contributed by atoms with Crippen molar-refractivity contribution >= 4 is 34.4 Å². The third-order valence-electron chi connectivity index (χ3n) is 4.85. The number of alkyl halides is 1. The van der Waals surface area contributed by atoms with Crippen LogP contribution >= 0.6 is 23.5 Å². The normalized spacial score (nSPS) is 40.4. The monoisotopic (exact) mass is 327 g/mol. The Balaban J connectivity index is 1.90. The number of nitrogens with zero attached hydrogens (tertiary/aromatic N) is 1. The SMILES string of the molecule is NC1=N[C@](CF)(c2cc(N)ccc2F)[C@H]2[C@H]3CSC[C@]32S1. The Morgan fingerprint density at radius 1 is 1.38 bits per heavy atom. The molecule has 7 heteroatoms. The third-order valence-corrected chi connectivity index (χ3v) is 7.69. The van der Waals surface area contributed by atoms with Gasteiger partial charge in [0.1, 0.15) is 18.0 Å². The minimum atomic E-state index is -1.21. The molecule has 2 fully saturated rings. The topological polar surface area (TPSA) is 64.4 Å². The maximum Gasteiger partial charge on any atom is 0.155 e. The highest BCUT2D eigenvalue weighted by atomic mass is 32.2.